The van der Waals surface area contributed by atoms with Gasteiger partial charge in [0, 0.05) is 6.42 Å². The first-order valence-corrected chi connectivity index (χ1v) is 6.23. The van der Waals surface area contributed by atoms with Gasteiger partial charge >= 0.3 is 0 Å². The van der Waals surface area contributed by atoms with Gasteiger partial charge in [0.25, 0.3) is 0 Å². The lowest BCUT2D eigenvalue weighted by Gasteiger charge is -2.13. The number of rotatable bonds is 5. The van der Waals surface area contributed by atoms with E-state index in [-0.39, 0.29) is 6.61 Å². The molecule has 0 saturated heterocycles. The number of ether oxygens (including phenoxy) is 1. The lowest BCUT2D eigenvalue weighted by atomic mass is 10.0. The van der Waals surface area contributed by atoms with Crippen LogP contribution in [-0.2, 0) is 6.42 Å². The second-order valence-corrected chi connectivity index (χ2v) is 4.56. The number of benzene rings is 1. The summed E-state index contributed by atoms with van der Waals surface area (Å²) < 4.78 is 7.00. The summed E-state index contributed by atoms with van der Waals surface area (Å²) in [7, 11) is 1.66. The number of hydrogen-bond donors (Lipinski definition) is 1. The van der Waals surface area contributed by atoms with Crippen LogP contribution in [0, 0.1) is 0 Å². The minimum atomic E-state index is 0.0214. The van der Waals surface area contributed by atoms with Gasteiger partial charge in [0.05, 0.1) is 19.4 Å². The van der Waals surface area contributed by atoms with Crippen molar-refractivity contribution in [3.8, 4) is 11.4 Å². The van der Waals surface area contributed by atoms with Gasteiger partial charge < -0.3 is 9.84 Å². The van der Waals surface area contributed by atoms with Gasteiger partial charge in [0.1, 0.15) is 5.75 Å². The molecule has 0 bridgehead atoms. The zero-order chi connectivity index (χ0) is 13.8. The molecule has 0 spiro atoms. The Kier molecular flexibility index (Phi) is 4.11. The molecule has 0 unspecified atom stereocenters. The number of aromatic nitrogens is 4. The monoisotopic (exact) mass is 262 g/mol. The van der Waals surface area contributed by atoms with E-state index in [4.69, 9.17) is 9.84 Å². The van der Waals surface area contributed by atoms with Crippen LogP contribution in [0.2, 0.25) is 0 Å². The van der Waals surface area contributed by atoms with Gasteiger partial charge in [-0.05, 0) is 40.1 Å². The summed E-state index contributed by atoms with van der Waals surface area (Å²) in [6.07, 6.45) is 0.427. The fraction of sp³-hybridized carbons (Fsp3) is 0.462. The van der Waals surface area contributed by atoms with Crippen LogP contribution >= 0.6 is 0 Å². The predicted molar refractivity (Wildman–Crippen MR) is 70.6 cm³/mol. The molecule has 6 heteroatoms. The molecule has 1 N–H and O–H groups in total. The van der Waals surface area contributed by atoms with Crippen LogP contribution in [0.4, 0.5) is 0 Å². The molecule has 0 saturated carbocycles. The average Bonchev–Trinajstić information content (AvgIpc) is 2.86. The van der Waals surface area contributed by atoms with Crippen LogP contribution in [0.5, 0.6) is 5.75 Å². The van der Waals surface area contributed by atoms with Crippen LogP contribution in [-0.4, -0.2) is 39.0 Å². The van der Waals surface area contributed by atoms with Crippen molar-refractivity contribution < 1.29 is 9.84 Å². The molecule has 0 radical (unpaired) electrons. The molecule has 2 aromatic rings. The zero-order valence-corrected chi connectivity index (χ0v) is 11.4. The molecule has 0 aliphatic rings. The first-order chi connectivity index (χ1) is 9.17. The Balaban J connectivity index is 2.45. The predicted octanol–water partition coefficient (Wildman–Crippen LogP) is 1.33. The summed E-state index contributed by atoms with van der Waals surface area (Å²) in [5, 5.41) is 20.5. The fourth-order valence-corrected chi connectivity index (χ4v) is 1.97. The molecular formula is C13H18N4O2. The van der Waals surface area contributed by atoms with E-state index in [9.17, 15) is 0 Å². The van der Waals surface area contributed by atoms with Crippen molar-refractivity contribution in [3.05, 3.63) is 29.6 Å². The molecule has 0 atom stereocenters. The summed E-state index contributed by atoms with van der Waals surface area (Å²) in [4.78, 5) is 0. The number of methoxy groups -OCH3 is 1. The van der Waals surface area contributed by atoms with Crippen molar-refractivity contribution in [2.75, 3.05) is 13.7 Å². The van der Waals surface area contributed by atoms with Crippen LogP contribution in [0.15, 0.2) is 18.2 Å². The summed E-state index contributed by atoms with van der Waals surface area (Å²) in [5.41, 5.74) is 1.98. The van der Waals surface area contributed by atoms with Crippen LogP contribution in [0.1, 0.15) is 31.2 Å². The third-order valence-electron chi connectivity index (χ3n) is 2.95. The van der Waals surface area contributed by atoms with Gasteiger partial charge in [-0.1, -0.05) is 13.8 Å². The molecule has 102 valence electrons. The van der Waals surface area contributed by atoms with Crippen molar-refractivity contribution in [3.63, 3.8) is 0 Å². The zero-order valence-electron chi connectivity index (χ0n) is 11.4. The van der Waals surface area contributed by atoms with Crippen LogP contribution < -0.4 is 4.74 Å². The van der Waals surface area contributed by atoms with E-state index in [1.165, 1.54) is 0 Å². The molecular weight excluding hydrogens is 244 g/mol. The third kappa shape index (κ3) is 2.73. The molecule has 1 aromatic carbocycles. The molecule has 0 fully saturated rings. The highest BCUT2D eigenvalue weighted by atomic mass is 16.5. The van der Waals surface area contributed by atoms with E-state index in [1.807, 2.05) is 18.2 Å². The van der Waals surface area contributed by atoms with Gasteiger partial charge in [0.2, 0.25) is 0 Å². The Bertz CT molecular complexity index is 551. The SMILES string of the molecule is COc1ccc(-n2nnnc2CCO)cc1C(C)C. The highest BCUT2D eigenvalue weighted by molar-refractivity contribution is 5.45. The molecule has 19 heavy (non-hydrogen) atoms. The first kappa shape index (κ1) is 13.5. The second-order valence-electron chi connectivity index (χ2n) is 4.56. The molecule has 1 heterocycles. The van der Waals surface area contributed by atoms with E-state index in [1.54, 1.807) is 11.8 Å². The normalized spacial score (nSPS) is 11.0. The average molecular weight is 262 g/mol. The summed E-state index contributed by atoms with van der Waals surface area (Å²) in [6.45, 7) is 4.24. The molecule has 0 aliphatic heterocycles. The molecule has 0 aliphatic carbocycles. The Morgan fingerprint density at radius 1 is 1.37 bits per heavy atom. The lowest BCUT2D eigenvalue weighted by Crippen LogP contribution is -2.06. The van der Waals surface area contributed by atoms with E-state index in [2.05, 4.69) is 29.4 Å². The Morgan fingerprint density at radius 2 is 2.16 bits per heavy atom. The second kappa shape index (κ2) is 5.79. The van der Waals surface area contributed by atoms with Crippen molar-refractivity contribution in [1.29, 1.82) is 0 Å². The minimum Gasteiger partial charge on any atom is -0.496 e. The van der Waals surface area contributed by atoms with Crippen LogP contribution in [0.25, 0.3) is 5.69 Å². The minimum absolute atomic E-state index is 0.0214. The van der Waals surface area contributed by atoms with Gasteiger partial charge in [-0.3, -0.25) is 0 Å². The van der Waals surface area contributed by atoms with E-state index < -0.39 is 0 Å². The van der Waals surface area contributed by atoms with E-state index >= 15 is 0 Å². The maximum Gasteiger partial charge on any atom is 0.158 e. The summed E-state index contributed by atoms with van der Waals surface area (Å²) in [5.74, 6) is 1.84. The maximum absolute atomic E-state index is 9.01. The van der Waals surface area contributed by atoms with Gasteiger partial charge in [-0.25, -0.2) is 0 Å². The quantitative estimate of drug-likeness (QED) is 0.880. The molecule has 6 nitrogen and oxygen atoms in total. The topological polar surface area (TPSA) is 73.1 Å². The lowest BCUT2D eigenvalue weighted by molar-refractivity contribution is 0.295. The summed E-state index contributed by atoms with van der Waals surface area (Å²) in [6, 6.07) is 5.83. The number of nitrogens with zero attached hydrogens (tertiary/aromatic N) is 4. The fourth-order valence-electron chi connectivity index (χ4n) is 1.97. The number of hydrogen-bond acceptors (Lipinski definition) is 5. The Morgan fingerprint density at radius 3 is 2.79 bits per heavy atom. The maximum atomic E-state index is 9.01. The first-order valence-electron chi connectivity index (χ1n) is 6.23. The molecule has 1 aromatic heterocycles. The molecule has 0 amide bonds. The van der Waals surface area contributed by atoms with Crippen LogP contribution in [0.3, 0.4) is 0 Å². The van der Waals surface area contributed by atoms with Crippen molar-refractivity contribution in [2.24, 2.45) is 0 Å². The molecule has 2 rings (SSSR count). The highest BCUT2D eigenvalue weighted by Crippen LogP contribution is 2.28. The van der Waals surface area contributed by atoms with Crippen molar-refractivity contribution in [2.45, 2.75) is 26.2 Å². The smallest absolute Gasteiger partial charge is 0.158 e. The van der Waals surface area contributed by atoms with Crippen molar-refractivity contribution >= 4 is 0 Å². The van der Waals surface area contributed by atoms with Crippen molar-refractivity contribution in [1.82, 2.24) is 20.2 Å². The largest absolute Gasteiger partial charge is 0.496 e. The highest BCUT2D eigenvalue weighted by Gasteiger charge is 2.12. The van der Waals surface area contributed by atoms with E-state index in [0.717, 1.165) is 17.0 Å². The van der Waals surface area contributed by atoms with Gasteiger partial charge in [-0.2, -0.15) is 4.68 Å². The number of aliphatic hydroxyl groups is 1. The number of tetrazole rings is 1. The van der Waals surface area contributed by atoms with Gasteiger partial charge in [0.15, 0.2) is 5.82 Å². The van der Waals surface area contributed by atoms with Gasteiger partial charge in [-0.15, -0.1) is 5.10 Å². The standard InChI is InChI=1S/C13H18N4O2/c1-9(2)11-8-10(4-5-12(11)19-3)17-13(6-7-18)14-15-16-17/h4-5,8-9,18H,6-7H2,1-3H3. The Hall–Kier alpha value is -1.95. The Labute approximate surface area is 112 Å². The number of aliphatic hydroxyl groups excluding tert-OH is 1. The summed E-state index contributed by atoms with van der Waals surface area (Å²) >= 11 is 0. The third-order valence-corrected chi connectivity index (χ3v) is 2.95. The van der Waals surface area contributed by atoms with E-state index in [0.29, 0.717) is 18.2 Å².